The molecule has 1 fully saturated rings. The van der Waals surface area contributed by atoms with Gasteiger partial charge in [0.05, 0.1) is 18.1 Å². The van der Waals surface area contributed by atoms with Gasteiger partial charge in [-0.15, -0.1) is 0 Å². The lowest BCUT2D eigenvalue weighted by Gasteiger charge is -2.13. The molecular formula is C8H16N2O3S. The van der Waals surface area contributed by atoms with Gasteiger partial charge in [0.25, 0.3) is 0 Å². The van der Waals surface area contributed by atoms with Crippen molar-refractivity contribution in [1.29, 1.82) is 0 Å². The molecule has 5 nitrogen and oxygen atoms in total. The van der Waals surface area contributed by atoms with E-state index in [9.17, 15) is 13.2 Å². The molecule has 1 N–H and O–H groups in total. The molecule has 1 saturated heterocycles. The van der Waals surface area contributed by atoms with Gasteiger partial charge in [-0.3, -0.25) is 4.79 Å². The number of hydrogen-bond donors (Lipinski definition) is 1. The van der Waals surface area contributed by atoms with Crippen molar-refractivity contribution < 1.29 is 13.2 Å². The van der Waals surface area contributed by atoms with Gasteiger partial charge in [0.2, 0.25) is 5.91 Å². The molecular weight excluding hydrogens is 204 g/mol. The Labute approximate surface area is 84.4 Å². The van der Waals surface area contributed by atoms with Crippen molar-refractivity contribution in [3.8, 4) is 0 Å². The molecule has 1 amide bonds. The summed E-state index contributed by atoms with van der Waals surface area (Å²) in [4.78, 5) is 12.7. The highest BCUT2D eigenvalue weighted by molar-refractivity contribution is 7.91. The normalized spacial score (nSPS) is 24.9. The largest absolute Gasteiger partial charge is 0.348 e. The average molecular weight is 220 g/mol. The molecule has 1 aliphatic rings. The van der Waals surface area contributed by atoms with Crippen molar-refractivity contribution in [2.24, 2.45) is 0 Å². The predicted octanol–water partition coefficient (Wildman–Crippen LogP) is -1.15. The van der Waals surface area contributed by atoms with Crippen molar-refractivity contribution >= 4 is 15.7 Å². The lowest BCUT2D eigenvalue weighted by atomic mass is 10.2. The van der Waals surface area contributed by atoms with Crippen LogP contribution in [0.3, 0.4) is 0 Å². The van der Waals surface area contributed by atoms with Crippen LogP contribution in [0.25, 0.3) is 0 Å². The highest BCUT2D eigenvalue weighted by Crippen LogP contribution is 2.10. The summed E-state index contributed by atoms with van der Waals surface area (Å²) in [6, 6.07) is -0.0519. The molecule has 0 radical (unpaired) electrons. The van der Waals surface area contributed by atoms with Crippen molar-refractivity contribution in [3.05, 3.63) is 0 Å². The Bertz CT molecular complexity index is 311. The van der Waals surface area contributed by atoms with Crippen LogP contribution in [-0.2, 0) is 14.6 Å². The molecule has 1 heterocycles. The van der Waals surface area contributed by atoms with E-state index in [1.807, 2.05) is 0 Å². The summed E-state index contributed by atoms with van der Waals surface area (Å²) in [6.45, 7) is 0.215. The maximum Gasteiger partial charge on any atom is 0.236 e. The van der Waals surface area contributed by atoms with Gasteiger partial charge in [-0.25, -0.2) is 8.42 Å². The van der Waals surface area contributed by atoms with Gasteiger partial charge in [0, 0.05) is 20.1 Å². The number of likely N-dealkylation sites (N-methyl/N-ethyl adjacent to an activating group) is 1. The SMILES string of the molecule is CN(C)C(=O)CNC1CCS(=O)(=O)C1. The van der Waals surface area contributed by atoms with E-state index >= 15 is 0 Å². The van der Waals surface area contributed by atoms with Gasteiger partial charge in [0.15, 0.2) is 9.84 Å². The number of nitrogens with one attached hydrogen (secondary N) is 1. The summed E-state index contributed by atoms with van der Waals surface area (Å²) >= 11 is 0. The fraction of sp³-hybridized carbons (Fsp3) is 0.875. The fourth-order valence-corrected chi connectivity index (χ4v) is 3.05. The Morgan fingerprint density at radius 1 is 1.50 bits per heavy atom. The van der Waals surface area contributed by atoms with E-state index in [4.69, 9.17) is 0 Å². The maximum absolute atomic E-state index is 11.2. The Kier molecular flexibility index (Phi) is 3.49. The molecule has 1 aliphatic heterocycles. The van der Waals surface area contributed by atoms with Gasteiger partial charge in [-0.05, 0) is 6.42 Å². The lowest BCUT2D eigenvalue weighted by Crippen LogP contribution is -2.39. The molecule has 82 valence electrons. The fourth-order valence-electron chi connectivity index (χ4n) is 1.35. The smallest absolute Gasteiger partial charge is 0.236 e. The molecule has 0 bridgehead atoms. The van der Waals surface area contributed by atoms with Gasteiger partial charge in [0.1, 0.15) is 0 Å². The molecule has 0 aliphatic carbocycles. The molecule has 1 unspecified atom stereocenters. The topological polar surface area (TPSA) is 66.5 Å². The zero-order chi connectivity index (χ0) is 10.8. The summed E-state index contributed by atoms with van der Waals surface area (Å²) in [5, 5.41) is 2.95. The van der Waals surface area contributed by atoms with Crippen molar-refractivity contribution in [2.45, 2.75) is 12.5 Å². The van der Waals surface area contributed by atoms with Crippen LogP contribution < -0.4 is 5.32 Å². The van der Waals surface area contributed by atoms with E-state index in [0.29, 0.717) is 6.42 Å². The van der Waals surface area contributed by atoms with E-state index in [-0.39, 0.29) is 30.0 Å². The van der Waals surface area contributed by atoms with Crippen LogP contribution in [0.2, 0.25) is 0 Å². The first-order chi connectivity index (χ1) is 6.41. The van der Waals surface area contributed by atoms with Crippen molar-refractivity contribution in [1.82, 2.24) is 10.2 Å². The Morgan fingerprint density at radius 3 is 2.57 bits per heavy atom. The van der Waals surface area contributed by atoms with E-state index in [1.165, 1.54) is 4.90 Å². The summed E-state index contributed by atoms with van der Waals surface area (Å²) in [5.41, 5.74) is 0. The highest BCUT2D eigenvalue weighted by Gasteiger charge is 2.27. The minimum atomic E-state index is -2.85. The first-order valence-electron chi connectivity index (χ1n) is 4.55. The number of rotatable bonds is 3. The number of carbonyl (C=O) groups is 1. The van der Waals surface area contributed by atoms with E-state index in [1.54, 1.807) is 14.1 Å². The third kappa shape index (κ3) is 3.26. The van der Waals surface area contributed by atoms with E-state index in [0.717, 1.165) is 0 Å². The second-order valence-corrected chi connectivity index (χ2v) is 6.00. The lowest BCUT2D eigenvalue weighted by molar-refractivity contribution is -0.127. The zero-order valence-corrected chi connectivity index (χ0v) is 9.30. The Hall–Kier alpha value is -0.620. The molecule has 0 aromatic rings. The predicted molar refractivity (Wildman–Crippen MR) is 53.8 cm³/mol. The summed E-state index contributed by atoms with van der Waals surface area (Å²) in [7, 11) is 0.501. The molecule has 0 aromatic carbocycles. The third-order valence-corrected chi connectivity index (χ3v) is 4.04. The van der Waals surface area contributed by atoms with E-state index < -0.39 is 9.84 Å². The molecule has 1 rings (SSSR count). The minimum absolute atomic E-state index is 0.0331. The number of carbonyl (C=O) groups excluding carboxylic acids is 1. The molecule has 1 atom stereocenters. The van der Waals surface area contributed by atoms with Crippen LogP contribution in [0.5, 0.6) is 0 Å². The Balaban J connectivity index is 2.31. The van der Waals surface area contributed by atoms with Crippen molar-refractivity contribution in [3.63, 3.8) is 0 Å². The minimum Gasteiger partial charge on any atom is -0.348 e. The van der Waals surface area contributed by atoms with Crippen LogP contribution in [0.1, 0.15) is 6.42 Å². The van der Waals surface area contributed by atoms with Crippen LogP contribution in [0, 0.1) is 0 Å². The van der Waals surface area contributed by atoms with Gasteiger partial charge in [-0.2, -0.15) is 0 Å². The van der Waals surface area contributed by atoms with Gasteiger partial charge < -0.3 is 10.2 Å². The molecule has 0 spiro atoms. The molecule has 14 heavy (non-hydrogen) atoms. The average Bonchev–Trinajstić information content (AvgIpc) is 2.41. The van der Waals surface area contributed by atoms with Crippen LogP contribution in [0.15, 0.2) is 0 Å². The first-order valence-corrected chi connectivity index (χ1v) is 6.37. The third-order valence-electron chi connectivity index (χ3n) is 2.27. The Morgan fingerprint density at radius 2 is 2.14 bits per heavy atom. The summed E-state index contributed by atoms with van der Waals surface area (Å²) in [6.07, 6.45) is 0.614. The summed E-state index contributed by atoms with van der Waals surface area (Å²) in [5.74, 6) is 0.364. The monoisotopic (exact) mass is 220 g/mol. The first kappa shape index (κ1) is 11.5. The quantitative estimate of drug-likeness (QED) is 0.652. The van der Waals surface area contributed by atoms with Crippen LogP contribution in [-0.4, -0.2) is 57.4 Å². The van der Waals surface area contributed by atoms with Crippen LogP contribution in [0.4, 0.5) is 0 Å². The summed E-state index contributed by atoms with van der Waals surface area (Å²) < 4.78 is 22.2. The second-order valence-electron chi connectivity index (χ2n) is 3.77. The number of amides is 1. The molecule has 6 heteroatoms. The van der Waals surface area contributed by atoms with Crippen LogP contribution >= 0.6 is 0 Å². The standard InChI is InChI=1S/C8H16N2O3S/c1-10(2)8(11)5-9-7-3-4-14(12,13)6-7/h7,9H,3-6H2,1-2H3. The zero-order valence-electron chi connectivity index (χ0n) is 8.49. The second kappa shape index (κ2) is 4.27. The molecule has 0 saturated carbocycles. The molecule has 0 aromatic heterocycles. The number of sulfone groups is 1. The van der Waals surface area contributed by atoms with E-state index in [2.05, 4.69) is 5.32 Å². The van der Waals surface area contributed by atoms with Gasteiger partial charge >= 0.3 is 0 Å². The number of hydrogen-bond acceptors (Lipinski definition) is 4. The maximum atomic E-state index is 11.2. The van der Waals surface area contributed by atoms with Crippen molar-refractivity contribution in [2.75, 3.05) is 32.1 Å². The van der Waals surface area contributed by atoms with Gasteiger partial charge in [-0.1, -0.05) is 0 Å². The highest BCUT2D eigenvalue weighted by atomic mass is 32.2. The number of nitrogens with zero attached hydrogens (tertiary/aromatic N) is 1.